The van der Waals surface area contributed by atoms with Crippen molar-refractivity contribution in [3.05, 3.63) is 46.0 Å². The minimum absolute atomic E-state index is 0.696. The van der Waals surface area contributed by atoms with Crippen LogP contribution >= 0.6 is 11.6 Å². The van der Waals surface area contributed by atoms with Crippen molar-refractivity contribution in [3.63, 3.8) is 0 Å². The largest absolute Gasteiger partial charge is 0.308 e. The summed E-state index contributed by atoms with van der Waals surface area (Å²) in [5.41, 5.74) is 4.22. The molecule has 0 aliphatic heterocycles. The Hall–Kier alpha value is -1.39. The lowest BCUT2D eigenvalue weighted by atomic mass is 10.2. The zero-order chi connectivity index (χ0) is 13.1. The van der Waals surface area contributed by atoms with Crippen LogP contribution in [-0.2, 0) is 20.1 Å². The molecular weight excluding hydrogens is 248 g/mol. The molecule has 2 aromatic heterocycles. The number of hydrogen-bond acceptors (Lipinski definition) is 3. The molecule has 2 rings (SSSR count). The van der Waals surface area contributed by atoms with E-state index in [-0.39, 0.29) is 0 Å². The van der Waals surface area contributed by atoms with Crippen molar-refractivity contribution in [2.75, 3.05) is 0 Å². The SMILES string of the molecule is Cc1ccc(CNCc2c(C)nn(C)c2Cl)cn1. The van der Waals surface area contributed by atoms with E-state index in [1.54, 1.807) is 4.68 Å². The van der Waals surface area contributed by atoms with Gasteiger partial charge in [-0.25, -0.2) is 0 Å². The number of nitrogens with zero attached hydrogens (tertiary/aromatic N) is 3. The molecule has 2 heterocycles. The smallest absolute Gasteiger partial charge is 0.131 e. The first-order valence-corrected chi connectivity index (χ1v) is 6.26. The molecule has 18 heavy (non-hydrogen) atoms. The van der Waals surface area contributed by atoms with Crippen molar-refractivity contribution in [3.8, 4) is 0 Å². The zero-order valence-corrected chi connectivity index (χ0v) is 11.6. The first kappa shape index (κ1) is 13.1. The van der Waals surface area contributed by atoms with Gasteiger partial charge in [-0.15, -0.1) is 0 Å². The molecule has 0 aliphatic rings. The Morgan fingerprint density at radius 2 is 2.06 bits per heavy atom. The lowest BCUT2D eigenvalue weighted by Crippen LogP contribution is -2.13. The average Bonchev–Trinajstić information content (AvgIpc) is 2.58. The third-order valence-corrected chi connectivity index (χ3v) is 3.35. The molecule has 0 atom stereocenters. The third-order valence-electron chi connectivity index (χ3n) is 2.87. The van der Waals surface area contributed by atoms with Gasteiger partial charge in [0.25, 0.3) is 0 Å². The van der Waals surface area contributed by atoms with E-state index in [1.807, 2.05) is 33.2 Å². The van der Waals surface area contributed by atoms with Gasteiger partial charge in [-0.05, 0) is 25.5 Å². The van der Waals surface area contributed by atoms with Crippen LogP contribution in [0.4, 0.5) is 0 Å². The Balaban J connectivity index is 1.94. The number of nitrogens with one attached hydrogen (secondary N) is 1. The van der Waals surface area contributed by atoms with E-state index in [4.69, 9.17) is 11.6 Å². The summed E-state index contributed by atoms with van der Waals surface area (Å²) in [4.78, 5) is 4.26. The number of aryl methyl sites for hydroxylation is 3. The summed E-state index contributed by atoms with van der Waals surface area (Å²) in [7, 11) is 1.85. The highest BCUT2D eigenvalue weighted by Gasteiger charge is 2.10. The summed E-state index contributed by atoms with van der Waals surface area (Å²) in [6, 6.07) is 4.09. The van der Waals surface area contributed by atoms with Crippen molar-refractivity contribution in [2.24, 2.45) is 7.05 Å². The monoisotopic (exact) mass is 264 g/mol. The first-order chi connectivity index (χ1) is 8.58. The first-order valence-electron chi connectivity index (χ1n) is 5.88. The van der Waals surface area contributed by atoms with Crippen molar-refractivity contribution < 1.29 is 0 Å². The molecule has 2 aromatic rings. The van der Waals surface area contributed by atoms with Crippen molar-refractivity contribution in [1.82, 2.24) is 20.1 Å². The highest BCUT2D eigenvalue weighted by molar-refractivity contribution is 6.30. The van der Waals surface area contributed by atoms with E-state index in [2.05, 4.69) is 21.5 Å². The molecule has 0 radical (unpaired) electrons. The lowest BCUT2D eigenvalue weighted by Gasteiger charge is -2.05. The second-order valence-electron chi connectivity index (χ2n) is 4.39. The predicted octanol–water partition coefficient (Wildman–Crippen LogP) is 2.38. The maximum absolute atomic E-state index is 6.16. The molecule has 0 aliphatic carbocycles. The second kappa shape index (κ2) is 5.50. The topological polar surface area (TPSA) is 42.7 Å². The van der Waals surface area contributed by atoms with Gasteiger partial charge in [0.05, 0.1) is 5.69 Å². The number of rotatable bonds is 4. The van der Waals surface area contributed by atoms with E-state index in [9.17, 15) is 0 Å². The fourth-order valence-electron chi connectivity index (χ4n) is 1.81. The molecule has 0 unspecified atom stereocenters. The van der Waals surface area contributed by atoms with Crippen LogP contribution in [-0.4, -0.2) is 14.8 Å². The molecule has 1 N–H and O–H groups in total. The number of halogens is 1. The van der Waals surface area contributed by atoms with Gasteiger partial charge < -0.3 is 5.32 Å². The van der Waals surface area contributed by atoms with Crippen molar-refractivity contribution in [1.29, 1.82) is 0 Å². The summed E-state index contributed by atoms with van der Waals surface area (Å²) in [6.45, 7) is 5.44. The molecule has 0 saturated carbocycles. The molecular formula is C13H17ClN4. The molecule has 0 amide bonds. The highest BCUT2D eigenvalue weighted by atomic mass is 35.5. The third kappa shape index (κ3) is 2.89. The quantitative estimate of drug-likeness (QED) is 0.922. The molecule has 5 heteroatoms. The van der Waals surface area contributed by atoms with Crippen LogP contribution in [0, 0.1) is 13.8 Å². The summed E-state index contributed by atoms with van der Waals surface area (Å²) >= 11 is 6.16. The van der Waals surface area contributed by atoms with Gasteiger partial charge in [-0.2, -0.15) is 5.10 Å². The summed E-state index contributed by atoms with van der Waals surface area (Å²) in [5, 5.41) is 8.33. The summed E-state index contributed by atoms with van der Waals surface area (Å²) < 4.78 is 1.70. The predicted molar refractivity (Wildman–Crippen MR) is 72.5 cm³/mol. The minimum Gasteiger partial charge on any atom is -0.308 e. The maximum Gasteiger partial charge on any atom is 0.131 e. The molecule has 4 nitrogen and oxygen atoms in total. The normalized spacial score (nSPS) is 10.9. The van der Waals surface area contributed by atoms with Crippen LogP contribution in [0.3, 0.4) is 0 Å². The summed E-state index contributed by atoms with van der Waals surface area (Å²) in [5.74, 6) is 0. The maximum atomic E-state index is 6.16. The molecule has 0 aromatic carbocycles. The second-order valence-corrected chi connectivity index (χ2v) is 4.75. The zero-order valence-electron chi connectivity index (χ0n) is 10.9. The Kier molecular flexibility index (Phi) is 3.99. The van der Waals surface area contributed by atoms with Crippen LogP contribution in [0.1, 0.15) is 22.5 Å². The van der Waals surface area contributed by atoms with Gasteiger partial charge in [0.2, 0.25) is 0 Å². The Labute approximate surface area is 112 Å². The van der Waals surface area contributed by atoms with E-state index >= 15 is 0 Å². The molecule has 0 spiro atoms. The van der Waals surface area contributed by atoms with Gasteiger partial charge in [0.1, 0.15) is 5.15 Å². The van der Waals surface area contributed by atoms with E-state index < -0.39 is 0 Å². The molecule has 0 saturated heterocycles. The van der Waals surface area contributed by atoms with Gasteiger partial charge in [-0.3, -0.25) is 9.67 Å². The lowest BCUT2D eigenvalue weighted by molar-refractivity contribution is 0.688. The fraction of sp³-hybridized carbons (Fsp3) is 0.385. The van der Waals surface area contributed by atoms with Crippen LogP contribution in [0.5, 0.6) is 0 Å². The number of aromatic nitrogens is 3. The standard InChI is InChI=1S/C13H17ClN4/c1-9-4-5-11(7-16-9)6-15-8-12-10(2)17-18(3)13(12)14/h4-5,7,15H,6,8H2,1-3H3. The van der Waals surface area contributed by atoms with Gasteiger partial charge in [0, 0.05) is 37.6 Å². The molecule has 96 valence electrons. The average molecular weight is 265 g/mol. The summed E-state index contributed by atoms with van der Waals surface area (Å²) in [6.07, 6.45) is 1.89. The van der Waals surface area contributed by atoms with Crippen molar-refractivity contribution in [2.45, 2.75) is 26.9 Å². The number of hydrogen-bond donors (Lipinski definition) is 1. The van der Waals surface area contributed by atoms with Gasteiger partial charge in [-0.1, -0.05) is 17.7 Å². The van der Waals surface area contributed by atoms with E-state index in [0.29, 0.717) is 11.7 Å². The Morgan fingerprint density at radius 3 is 2.61 bits per heavy atom. The van der Waals surface area contributed by atoms with Gasteiger partial charge >= 0.3 is 0 Å². The van der Waals surface area contributed by atoms with E-state index in [0.717, 1.165) is 23.5 Å². The number of pyridine rings is 1. The van der Waals surface area contributed by atoms with Crippen molar-refractivity contribution >= 4 is 11.6 Å². The van der Waals surface area contributed by atoms with Crippen LogP contribution in [0.15, 0.2) is 18.3 Å². The fourth-order valence-corrected chi connectivity index (χ4v) is 2.05. The van der Waals surface area contributed by atoms with Crippen LogP contribution in [0.2, 0.25) is 5.15 Å². The van der Waals surface area contributed by atoms with E-state index in [1.165, 1.54) is 5.56 Å². The molecule has 0 fully saturated rings. The Morgan fingerprint density at radius 1 is 1.28 bits per heavy atom. The Bertz CT molecular complexity index is 531. The van der Waals surface area contributed by atoms with Gasteiger partial charge in [0.15, 0.2) is 0 Å². The minimum atomic E-state index is 0.696. The van der Waals surface area contributed by atoms with Crippen LogP contribution in [0.25, 0.3) is 0 Å². The highest BCUT2D eigenvalue weighted by Crippen LogP contribution is 2.18. The molecule has 0 bridgehead atoms. The van der Waals surface area contributed by atoms with Crippen LogP contribution < -0.4 is 5.32 Å².